The van der Waals surface area contributed by atoms with Crippen LogP contribution in [-0.4, -0.2) is 54.5 Å². The van der Waals surface area contributed by atoms with Gasteiger partial charge in [-0.15, -0.1) is 24.0 Å². The van der Waals surface area contributed by atoms with Gasteiger partial charge in [-0.2, -0.15) is 5.10 Å². The maximum Gasteiger partial charge on any atom is 0.193 e. The fraction of sp³-hybridized carbons (Fsp3) is 0.750. The summed E-state index contributed by atoms with van der Waals surface area (Å²) < 4.78 is 7.19. The van der Waals surface area contributed by atoms with Crippen LogP contribution in [0.25, 0.3) is 0 Å². The number of hydrogen-bond acceptors (Lipinski definition) is 3. The molecule has 0 bridgehead atoms. The Hall–Kier alpha value is -0.830. The third kappa shape index (κ3) is 5.07. The number of halogens is 1. The minimum atomic E-state index is 0. The first-order valence-corrected chi connectivity index (χ1v) is 7.86. The predicted octanol–water partition coefficient (Wildman–Crippen LogP) is 2.21. The number of hydrogen-bond donors (Lipinski definition) is 1. The molecular weight excluding hydrogens is 405 g/mol. The van der Waals surface area contributed by atoms with Gasteiger partial charge < -0.3 is 15.0 Å². The van der Waals surface area contributed by atoms with Crippen LogP contribution in [0.1, 0.15) is 37.9 Å². The van der Waals surface area contributed by atoms with Crippen molar-refractivity contribution in [3.05, 3.63) is 17.5 Å². The third-order valence-corrected chi connectivity index (χ3v) is 4.04. The smallest absolute Gasteiger partial charge is 0.193 e. The van der Waals surface area contributed by atoms with Crippen LogP contribution in [0.15, 0.2) is 11.2 Å². The standard InChI is InChI=1S/C16H29N5O.HI/c1-12(2)14-13(8-21(6)19-14)7-20(5)15(17-4)18-9-16(3)10-22-11-16;/h8,12H,7,9-11H2,1-6H3,(H,17,18);1H. The Balaban J connectivity index is 0.00000264. The molecule has 2 heterocycles. The first-order valence-electron chi connectivity index (χ1n) is 7.86. The highest BCUT2D eigenvalue weighted by Crippen LogP contribution is 2.25. The van der Waals surface area contributed by atoms with Gasteiger partial charge in [-0.05, 0) is 5.92 Å². The summed E-state index contributed by atoms with van der Waals surface area (Å²) in [7, 11) is 5.86. The fourth-order valence-corrected chi connectivity index (χ4v) is 2.72. The van der Waals surface area contributed by atoms with Crippen LogP contribution in [0.5, 0.6) is 0 Å². The normalized spacial score (nSPS) is 16.7. The number of aromatic nitrogens is 2. The molecular formula is C16H30IN5O. The predicted molar refractivity (Wildman–Crippen MR) is 104 cm³/mol. The van der Waals surface area contributed by atoms with Gasteiger partial charge in [0, 0.05) is 51.4 Å². The second-order valence-corrected chi connectivity index (χ2v) is 6.93. The van der Waals surface area contributed by atoms with Gasteiger partial charge >= 0.3 is 0 Å². The molecule has 1 N–H and O–H groups in total. The highest BCUT2D eigenvalue weighted by atomic mass is 127. The third-order valence-electron chi connectivity index (χ3n) is 4.04. The van der Waals surface area contributed by atoms with E-state index in [1.54, 1.807) is 0 Å². The first-order chi connectivity index (χ1) is 10.3. The Morgan fingerprint density at radius 1 is 1.52 bits per heavy atom. The second kappa shape index (κ2) is 8.32. The van der Waals surface area contributed by atoms with Gasteiger partial charge in [-0.3, -0.25) is 9.67 Å². The van der Waals surface area contributed by atoms with E-state index in [0.717, 1.165) is 38.0 Å². The molecule has 6 nitrogen and oxygen atoms in total. The van der Waals surface area contributed by atoms with E-state index in [9.17, 15) is 0 Å². The molecule has 1 fully saturated rings. The van der Waals surface area contributed by atoms with Crippen molar-refractivity contribution in [2.45, 2.75) is 33.2 Å². The molecule has 7 heteroatoms. The van der Waals surface area contributed by atoms with Crippen LogP contribution in [0, 0.1) is 5.41 Å². The Labute approximate surface area is 156 Å². The summed E-state index contributed by atoms with van der Waals surface area (Å²) >= 11 is 0. The van der Waals surface area contributed by atoms with Gasteiger partial charge in [-0.25, -0.2) is 0 Å². The van der Waals surface area contributed by atoms with Crippen molar-refractivity contribution in [1.29, 1.82) is 0 Å². The molecule has 0 atom stereocenters. The molecule has 132 valence electrons. The van der Waals surface area contributed by atoms with Crippen LogP contribution in [-0.2, 0) is 18.3 Å². The summed E-state index contributed by atoms with van der Waals surface area (Å²) in [6.07, 6.45) is 2.10. The molecule has 0 spiro atoms. The average molecular weight is 435 g/mol. The largest absolute Gasteiger partial charge is 0.380 e. The molecule has 0 aliphatic carbocycles. The van der Waals surface area contributed by atoms with E-state index in [1.165, 1.54) is 5.56 Å². The van der Waals surface area contributed by atoms with Crippen molar-refractivity contribution in [2.24, 2.45) is 17.5 Å². The summed E-state index contributed by atoms with van der Waals surface area (Å²) in [5, 5.41) is 8.03. The maximum absolute atomic E-state index is 5.30. The van der Waals surface area contributed by atoms with Crippen LogP contribution < -0.4 is 5.32 Å². The zero-order valence-corrected chi connectivity index (χ0v) is 17.4. The van der Waals surface area contributed by atoms with Crippen molar-refractivity contribution in [2.75, 3.05) is 33.9 Å². The molecule has 2 rings (SSSR count). The average Bonchev–Trinajstić information content (AvgIpc) is 2.78. The Morgan fingerprint density at radius 2 is 2.17 bits per heavy atom. The van der Waals surface area contributed by atoms with E-state index in [-0.39, 0.29) is 29.4 Å². The number of rotatable bonds is 5. The molecule has 1 aliphatic heterocycles. The highest BCUT2D eigenvalue weighted by Gasteiger charge is 2.33. The number of nitrogens with one attached hydrogen (secondary N) is 1. The summed E-state index contributed by atoms with van der Waals surface area (Å²) in [6.45, 7) is 9.91. The van der Waals surface area contributed by atoms with Crippen molar-refractivity contribution >= 4 is 29.9 Å². The number of aryl methyl sites for hydroxylation is 1. The fourth-order valence-electron chi connectivity index (χ4n) is 2.72. The molecule has 0 radical (unpaired) electrons. The lowest BCUT2D eigenvalue weighted by Crippen LogP contribution is -2.51. The van der Waals surface area contributed by atoms with Gasteiger partial charge in [-0.1, -0.05) is 20.8 Å². The molecule has 23 heavy (non-hydrogen) atoms. The lowest BCUT2D eigenvalue weighted by atomic mass is 9.89. The van der Waals surface area contributed by atoms with Crippen molar-refractivity contribution in [1.82, 2.24) is 20.0 Å². The number of ether oxygens (including phenoxy) is 1. The van der Waals surface area contributed by atoms with Crippen molar-refractivity contribution in [3.63, 3.8) is 0 Å². The summed E-state index contributed by atoms with van der Waals surface area (Å²) in [5.74, 6) is 1.33. The summed E-state index contributed by atoms with van der Waals surface area (Å²) in [5.41, 5.74) is 2.64. The van der Waals surface area contributed by atoms with Gasteiger partial charge in [0.15, 0.2) is 5.96 Å². The molecule has 0 aromatic carbocycles. The van der Waals surface area contributed by atoms with Gasteiger partial charge in [0.1, 0.15) is 0 Å². The van der Waals surface area contributed by atoms with Crippen LogP contribution in [0.4, 0.5) is 0 Å². The zero-order chi connectivity index (χ0) is 16.3. The Bertz CT molecular complexity index is 537. The lowest BCUT2D eigenvalue weighted by Gasteiger charge is -2.39. The van der Waals surface area contributed by atoms with E-state index in [2.05, 4.69) is 54.3 Å². The zero-order valence-electron chi connectivity index (χ0n) is 15.1. The molecule has 1 aliphatic rings. The maximum atomic E-state index is 5.30. The minimum Gasteiger partial charge on any atom is -0.380 e. The van der Waals surface area contributed by atoms with E-state index in [1.807, 2.05) is 18.8 Å². The van der Waals surface area contributed by atoms with Crippen LogP contribution >= 0.6 is 24.0 Å². The quantitative estimate of drug-likeness (QED) is 0.438. The summed E-state index contributed by atoms with van der Waals surface area (Å²) in [4.78, 5) is 6.53. The topological polar surface area (TPSA) is 54.7 Å². The monoisotopic (exact) mass is 435 g/mol. The molecule has 1 saturated heterocycles. The molecule has 0 unspecified atom stereocenters. The Morgan fingerprint density at radius 3 is 2.65 bits per heavy atom. The first kappa shape index (κ1) is 20.2. The molecule has 0 amide bonds. The van der Waals surface area contributed by atoms with Crippen LogP contribution in [0.2, 0.25) is 0 Å². The van der Waals surface area contributed by atoms with E-state index < -0.39 is 0 Å². The Kier molecular flexibility index (Phi) is 7.31. The second-order valence-electron chi connectivity index (χ2n) is 6.93. The van der Waals surface area contributed by atoms with Gasteiger partial charge in [0.05, 0.1) is 18.9 Å². The van der Waals surface area contributed by atoms with Crippen molar-refractivity contribution in [3.8, 4) is 0 Å². The highest BCUT2D eigenvalue weighted by molar-refractivity contribution is 14.0. The molecule has 1 aromatic heterocycles. The number of nitrogens with zero attached hydrogens (tertiary/aromatic N) is 4. The van der Waals surface area contributed by atoms with Crippen LogP contribution in [0.3, 0.4) is 0 Å². The summed E-state index contributed by atoms with van der Waals surface area (Å²) in [6, 6.07) is 0. The lowest BCUT2D eigenvalue weighted by molar-refractivity contribution is -0.0972. The number of guanidine groups is 1. The number of aliphatic imine (C=N–C) groups is 1. The van der Waals surface area contributed by atoms with E-state index in [4.69, 9.17) is 4.74 Å². The van der Waals surface area contributed by atoms with Gasteiger partial charge in [0.2, 0.25) is 0 Å². The molecule has 0 saturated carbocycles. The molecule has 1 aromatic rings. The van der Waals surface area contributed by atoms with E-state index in [0.29, 0.717) is 5.92 Å². The SMILES string of the molecule is CN=C(NCC1(C)COC1)N(C)Cc1cn(C)nc1C(C)C.I. The minimum absolute atomic E-state index is 0. The van der Waals surface area contributed by atoms with Gasteiger partial charge in [0.25, 0.3) is 0 Å². The van der Waals surface area contributed by atoms with E-state index >= 15 is 0 Å². The van der Waals surface area contributed by atoms with Crippen molar-refractivity contribution < 1.29 is 4.74 Å².